The number of hydrogen-bond donors (Lipinski definition) is 0. The highest BCUT2D eigenvalue weighted by atomic mass is 35.5. The summed E-state index contributed by atoms with van der Waals surface area (Å²) in [5.74, 6) is 0. The Labute approximate surface area is 343 Å². The van der Waals surface area contributed by atoms with Crippen molar-refractivity contribution in [2.24, 2.45) is 0 Å². The van der Waals surface area contributed by atoms with Gasteiger partial charge >= 0.3 is 0 Å². The van der Waals surface area contributed by atoms with Crippen molar-refractivity contribution < 1.29 is 14.0 Å². The van der Waals surface area contributed by atoms with E-state index in [0.29, 0.717) is 13.2 Å². The molecule has 0 atom stereocenters. The molecule has 0 N–H and O–H groups in total. The molecule has 3 aliphatic rings. The molecule has 1 aliphatic carbocycles. The second-order valence-corrected chi connectivity index (χ2v) is 16.5. The number of halogens is 2. The highest BCUT2D eigenvalue weighted by molar-refractivity contribution is 6.31. The third-order valence-corrected chi connectivity index (χ3v) is 11.7. The first-order valence-corrected chi connectivity index (χ1v) is 20.3. The number of para-hydroxylation sites is 2. The van der Waals surface area contributed by atoms with Gasteiger partial charge in [-0.05, 0) is 104 Å². The summed E-state index contributed by atoms with van der Waals surface area (Å²) in [5, 5.41) is 1.50. The first-order chi connectivity index (χ1) is 27.1. The molecular weight excluding hydrogens is 733 g/mol. The molecular formula is C49H52Cl2N3O2+. The molecule has 2 heterocycles. The molecule has 0 radical (unpaired) electrons. The minimum Gasteiger partial charge on any atom is -0.385 e. The highest BCUT2D eigenvalue weighted by Gasteiger charge is 2.44. The van der Waals surface area contributed by atoms with Gasteiger partial charge in [0.15, 0.2) is 12.3 Å². The molecule has 4 aromatic carbocycles. The fourth-order valence-corrected chi connectivity index (χ4v) is 8.79. The monoisotopic (exact) mass is 784 g/mol. The van der Waals surface area contributed by atoms with Crippen LogP contribution in [0.2, 0.25) is 10.0 Å². The number of ether oxygens (including phenoxy) is 2. The van der Waals surface area contributed by atoms with E-state index in [1.165, 1.54) is 33.9 Å². The van der Waals surface area contributed by atoms with Crippen LogP contribution in [0.4, 0.5) is 22.7 Å². The van der Waals surface area contributed by atoms with E-state index in [9.17, 15) is 0 Å². The topological polar surface area (TPSA) is 28.0 Å². The van der Waals surface area contributed by atoms with Crippen LogP contribution < -0.4 is 9.80 Å². The Bertz CT molecular complexity index is 2230. The Hall–Kier alpha value is -4.65. The van der Waals surface area contributed by atoms with Gasteiger partial charge in [0.05, 0.1) is 17.7 Å². The molecule has 0 spiro atoms. The smallest absolute Gasteiger partial charge is 0.209 e. The van der Waals surface area contributed by atoms with E-state index in [1.54, 1.807) is 14.2 Å². The molecule has 0 amide bonds. The number of anilines is 3. The van der Waals surface area contributed by atoms with E-state index >= 15 is 0 Å². The van der Waals surface area contributed by atoms with Crippen LogP contribution in [0.3, 0.4) is 0 Å². The molecule has 56 heavy (non-hydrogen) atoms. The Balaban J connectivity index is 1.39. The van der Waals surface area contributed by atoms with Gasteiger partial charge < -0.3 is 19.3 Å². The maximum Gasteiger partial charge on any atom is 0.209 e. The van der Waals surface area contributed by atoms with Crippen molar-refractivity contribution in [3.05, 3.63) is 177 Å². The summed E-state index contributed by atoms with van der Waals surface area (Å²) >= 11 is 13.2. The predicted octanol–water partition coefficient (Wildman–Crippen LogP) is 12.3. The van der Waals surface area contributed by atoms with Crippen LogP contribution in [0.5, 0.6) is 0 Å². The molecule has 2 aliphatic heterocycles. The number of nitrogens with zero attached hydrogens (tertiary/aromatic N) is 3. The average Bonchev–Trinajstić information content (AvgIpc) is 3.75. The number of allylic oxidation sites excluding steroid dienone is 8. The quantitative estimate of drug-likeness (QED) is 0.0940. The van der Waals surface area contributed by atoms with Crippen LogP contribution in [0.15, 0.2) is 156 Å². The number of benzene rings is 4. The van der Waals surface area contributed by atoms with Crippen molar-refractivity contribution in [3.63, 3.8) is 0 Å². The van der Waals surface area contributed by atoms with Gasteiger partial charge in [0.25, 0.3) is 0 Å². The third kappa shape index (κ3) is 7.71. The molecule has 7 heteroatoms. The number of rotatable bonds is 14. The lowest BCUT2D eigenvalue weighted by Gasteiger charge is -2.29. The van der Waals surface area contributed by atoms with Crippen LogP contribution in [0, 0.1) is 0 Å². The summed E-state index contributed by atoms with van der Waals surface area (Å²) in [6.45, 7) is 12.3. The fraction of sp³-hybridized carbons (Fsp3) is 0.286. The zero-order chi connectivity index (χ0) is 39.5. The molecule has 0 bridgehead atoms. The highest BCUT2D eigenvalue weighted by Crippen LogP contribution is 2.49. The average molecular weight is 786 g/mol. The van der Waals surface area contributed by atoms with Gasteiger partial charge in [0, 0.05) is 89.7 Å². The Morgan fingerprint density at radius 2 is 1.32 bits per heavy atom. The van der Waals surface area contributed by atoms with Gasteiger partial charge in [-0.1, -0.05) is 91.7 Å². The number of hydrogen-bond acceptors (Lipinski definition) is 4. The molecule has 0 aromatic heterocycles. The second kappa shape index (κ2) is 16.8. The molecule has 288 valence electrons. The number of methoxy groups -OCH3 is 2. The third-order valence-electron chi connectivity index (χ3n) is 11.3. The standard InChI is InChI=1S/C49H52Cl2N3O2/c1-48(2)41-33-37(50)23-25-43(41)52(29-13-31-55-5)45(48)27-21-35-19-20-36(47(35)54(39-15-9-7-10-16-39)40-17-11-8-12-18-40)22-28-46-49(3,4)42-34-38(51)24-26-44(42)53(46)30-14-32-56-6/h7-12,15-28,33-34H,13-14,29-32H2,1-6H3/q+1. The fourth-order valence-electron chi connectivity index (χ4n) is 8.44. The van der Waals surface area contributed by atoms with Crippen LogP contribution >= 0.6 is 23.2 Å². The lowest BCUT2D eigenvalue weighted by molar-refractivity contribution is -0.438. The van der Waals surface area contributed by atoms with Crippen LogP contribution in [0.25, 0.3) is 0 Å². The molecule has 0 saturated carbocycles. The maximum atomic E-state index is 6.59. The van der Waals surface area contributed by atoms with Crippen LogP contribution in [0.1, 0.15) is 51.7 Å². The summed E-state index contributed by atoms with van der Waals surface area (Å²) < 4.78 is 13.4. The van der Waals surface area contributed by atoms with E-state index in [0.717, 1.165) is 64.2 Å². The summed E-state index contributed by atoms with van der Waals surface area (Å²) in [5.41, 5.74) is 12.3. The molecule has 0 unspecified atom stereocenters. The van der Waals surface area contributed by atoms with Gasteiger partial charge in [-0.3, -0.25) is 0 Å². The Morgan fingerprint density at radius 3 is 1.98 bits per heavy atom. The summed E-state index contributed by atoms with van der Waals surface area (Å²) in [6.07, 6.45) is 15.5. The van der Waals surface area contributed by atoms with Gasteiger partial charge in [0.1, 0.15) is 0 Å². The molecule has 0 saturated heterocycles. The molecule has 0 fully saturated rings. The largest absolute Gasteiger partial charge is 0.385 e. The lowest BCUT2D eigenvalue weighted by Crippen LogP contribution is -2.28. The van der Waals surface area contributed by atoms with Crippen molar-refractivity contribution in [2.45, 2.75) is 51.4 Å². The van der Waals surface area contributed by atoms with Gasteiger partial charge in [-0.2, -0.15) is 4.58 Å². The van der Waals surface area contributed by atoms with E-state index in [4.69, 9.17) is 32.7 Å². The molecule has 4 aromatic rings. The SMILES string of the molecule is COCCCN1/C(=C/C=C2\C=CC(/C=C/C3=[N+](CCCOC)c4ccc(Cl)cc4C3(C)C)=C2N(c2ccccc2)c2ccccc2)C(C)(C)c2cc(Cl)ccc21. The summed E-state index contributed by atoms with van der Waals surface area (Å²) in [4.78, 5) is 4.82. The summed E-state index contributed by atoms with van der Waals surface area (Å²) in [6, 6.07) is 33.8. The van der Waals surface area contributed by atoms with E-state index < -0.39 is 0 Å². The minimum atomic E-state index is -0.257. The summed E-state index contributed by atoms with van der Waals surface area (Å²) in [7, 11) is 3.53. The van der Waals surface area contributed by atoms with Gasteiger partial charge in [-0.15, -0.1) is 0 Å². The number of fused-ring (bicyclic) bond motifs is 2. The van der Waals surface area contributed by atoms with Crippen molar-refractivity contribution in [1.29, 1.82) is 0 Å². The normalized spacial score (nSPS) is 18.2. The minimum absolute atomic E-state index is 0.257. The maximum absolute atomic E-state index is 6.59. The van der Waals surface area contributed by atoms with Crippen LogP contribution in [-0.2, 0) is 20.3 Å². The van der Waals surface area contributed by atoms with Crippen molar-refractivity contribution in [2.75, 3.05) is 50.3 Å². The van der Waals surface area contributed by atoms with E-state index in [1.807, 2.05) is 12.1 Å². The van der Waals surface area contributed by atoms with Crippen molar-refractivity contribution >= 4 is 51.7 Å². The zero-order valence-electron chi connectivity index (χ0n) is 33.4. The Morgan fingerprint density at radius 1 is 0.696 bits per heavy atom. The zero-order valence-corrected chi connectivity index (χ0v) is 34.9. The Kier molecular flexibility index (Phi) is 11.9. The van der Waals surface area contributed by atoms with Crippen molar-refractivity contribution in [1.82, 2.24) is 0 Å². The van der Waals surface area contributed by atoms with Gasteiger partial charge in [0.2, 0.25) is 5.69 Å². The molecule has 5 nitrogen and oxygen atoms in total. The molecule has 7 rings (SSSR count). The van der Waals surface area contributed by atoms with E-state index in [2.05, 4.69) is 163 Å². The lowest BCUT2D eigenvalue weighted by atomic mass is 9.81. The van der Waals surface area contributed by atoms with Crippen molar-refractivity contribution in [3.8, 4) is 0 Å². The second-order valence-electron chi connectivity index (χ2n) is 15.6. The first-order valence-electron chi connectivity index (χ1n) is 19.5. The van der Waals surface area contributed by atoms with Gasteiger partial charge in [-0.25, -0.2) is 0 Å². The van der Waals surface area contributed by atoms with Crippen LogP contribution in [-0.4, -0.2) is 50.8 Å². The first kappa shape index (κ1) is 39.6. The van der Waals surface area contributed by atoms with E-state index in [-0.39, 0.29) is 10.8 Å². The predicted molar refractivity (Wildman–Crippen MR) is 236 cm³/mol.